The molecule has 3 rings (SSSR count). The molecule has 1 saturated heterocycles. The van der Waals surface area contributed by atoms with Gasteiger partial charge in [-0.05, 0) is 25.3 Å². The van der Waals surface area contributed by atoms with Crippen molar-refractivity contribution >= 4 is 17.6 Å². The molecule has 31 heavy (non-hydrogen) atoms. The number of nitrogens with one attached hydrogen (secondary N) is 1. The zero-order chi connectivity index (χ0) is 22.8. The van der Waals surface area contributed by atoms with E-state index in [9.17, 15) is 14.9 Å². The number of aliphatic hydroxyl groups excluding tert-OH is 1. The summed E-state index contributed by atoms with van der Waals surface area (Å²) in [5.74, 6) is -0.479. The Kier molecular flexibility index (Phi) is 6.82. The number of aromatic nitrogens is 1. The fourth-order valence-electron chi connectivity index (χ4n) is 4.11. The minimum Gasteiger partial charge on any atom is -0.395 e. The fraction of sp³-hybridized carbons (Fsp3) is 0.636. The van der Waals surface area contributed by atoms with Crippen LogP contribution in [0.25, 0.3) is 0 Å². The van der Waals surface area contributed by atoms with Crippen LogP contribution in [0.15, 0.2) is 0 Å². The van der Waals surface area contributed by atoms with Gasteiger partial charge in [-0.1, -0.05) is 13.8 Å². The number of rotatable bonds is 4. The average Bonchev–Trinajstić information content (AvgIpc) is 2.75. The molecule has 0 atom stereocenters. The Hall–Kier alpha value is -2.70. The number of ether oxygens (including phenoxy) is 1. The van der Waals surface area contributed by atoms with Crippen LogP contribution in [-0.2, 0) is 27.4 Å². The van der Waals surface area contributed by atoms with Crippen LogP contribution >= 0.6 is 0 Å². The third kappa shape index (κ3) is 4.81. The Bertz CT molecular complexity index is 898. The van der Waals surface area contributed by atoms with Crippen LogP contribution < -0.4 is 10.2 Å². The van der Waals surface area contributed by atoms with E-state index in [1.54, 1.807) is 0 Å². The molecule has 1 aromatic heterocycles. The summed E-state index contributed by atoms with van der Waals surface area (Å²) in [4.78, 5) is 32.6. The van der Waals surface area contributed by atoms with Crippen LogP contribution in [0.3, 0.4) is 0 Å². The molecule has 0 spiro atoms. The van der Waals surface area contributed by atoms with Crippen molar-refractivity contribution in [2.75, 3.05) is 44.2 Å². The highest BCUT2D eigenvalue weighted by atomic mass is 16.5. The van der Waals surface area contributed by atoms with Gasteiger partial charge in [0.15, 0.2) is 0 Å². The number of carbonyl (C=O) groups excluding carboxylic acids is 2. The van der Waals surface area contributed by atoms with Gasteiger partial charge in [-0.25, -0.2) is 4.98 Å². The molecular weight excluding hydrogens is 398 g/mol. The molecule has 3 heterocycles. The van der Waals surface area contributed by atoms with E-state index in [0.717, 1.165) is 16.8 Å². The highest BCUT2D eigenvalue weighted by molar-refractivity contribution is 6.35. The van der Waals surface area contributed by atoms with Crippen LogP contribution in [0.4, 0.5) is 5.82 Å². The van der Waals surface area contributed by atoms with Gasteiger partial charge >= 0.3 is 11.8 Å². The number of hydrogen-bond donors (Lipinski definition) is 2. The van der Waals surface area contributed by atoms with E-state index < -0.39 is 11.8 Å². The minimum atomic E-state index is -0.712. The van der Waals surface area contributed by atoms with E-state index in [4.69, 9.17) is 14.8 Å². The number of fused-ring (bicyclic) bond motifs is 1. The molecule has 9 heteroatoms. The normalized spacial score (nSPS) is 17.8. The summed E-state index contributed by atoms with van der Waals surface area (Å²) in [6.07, 6.45) is 0.643. The van der Waals surface area contributed by atoms with Gasteiger partial charge in [-0.15, -0.1) is 0 Å². The number of anilines is 1. The topological polar surface area (TPSA) is 119 Å². The lowest BCUT2D eigenvalue weighted by Gasteiger charge is -2.38. The van der Waals surface area contributed by atoms with Crippen LogP contribution in [0, 0.1) is 11.3 Å². The predicted molar refractivity (Wildman–Crippen MR) is 115 cm³/mol. The van der Waals surface area contributed by atoms with E-state index in [-0.39, 0.29) is 24.7 Å². The zero-order valence-electron chi connectivity index (χ0n) is 18.7. The summed E-state index contributed by atoms with van der Waals surface area (Å²) in [5.41, 5.74) is 3.20. The van der Waals surface area contributed by atoms with Crippen molar-refractivity contribution in [3.8, 4) is 6.07 Å². The number of pyridine rings is 1. The summed E-state index contributed by atoms with van der Waals surface area (Å²) in [7, 11) is 0. The monoisotopic (exact) mass is 429 g/mol. The molecule has 0 radical (unpaired) electrons. The number of carbonyl (C=O) groups is 2. The number of amides is 2. The summed E-state index contributed by atoms with van der Waals surface area (Å²) >= 11 is 0. The Morgan fingerprint density at radius 1 is 1.26 bits per heavy atom. The van der Waals surface area contributed by atoms with Crippen molar-refractivity contribution in [2.24, 2.45) is 0 Å². The number of nitriles is 1. The lowest BCUT2D eigenvalue weighted by atomic mass is 9.86. The van der Waals surface area contributed by atoms with Gasteiger partial charge in [0.25, 0.3) is 0 Å². The molecule has 2 aliphatic rings. The molecule has 9 nitrogen and oxygen atoms in total. The van der Waals surface area contributed by atoms with Gasteiger partial charge in [0.2, 0.25) is 0 Å². The van der Waals surface area contributed by atoms with Crippen molar-refractivity contribution in [3.63, 3.8) is 0 Å². The van der Waals surface area contributed by atoms with Crippen molar-refractivity contribution in [2.45, 2.75) is 52.2 Å². The van der Waals surface area contributed by atoms with Crippen molar-refractivity contribution in [1.82, 2.24) is 15.2 Å². The number of nitrogens with zero attached hydrogens (tertiary/aromatic N) is 4. The molecule has 168 valence electrons. The van der Waals surface area contributed by atoms with Gasteiger partial charge in [0.1, 0.15) is 11.9 Å². The number of piperazine rings is 1. The highest BCUT2D eigenvalue weighted by Crippen LogP contribution is 2.37. The van der Waals surface area contributed by atoms with E-state index in [1.807, 2.05) is 18.7 Å². The van der Waals surface area contributed by atoms with E-state index >= 15 is 0 Å². The summed E-state index contributed by atoms with van der Waals surface area (Å²) in [5, 5.41) is 21.2. The Morgan fingerprint density at radius 3 is 2.52 bits per heavy atom. The first-order valence-corrected chi connectivity index (χ1v) is 10.7. The third-order valence-corrected chi connectivity index (χ3v) is 5.75. The highest BCUT2D eigenvalue weighted by Gasteiger charge is 2.34. The minimum absolute atomic E-state index is 0.0488. The van der Waals surface area contributed by atoms with Crippen LogP contribution in [0.2, 0.25) is 0 Å². The Labute approximate surface area is 183 Å². The summed E-state index contributed by atoms with van der Waals surface area (Å²) in [6.45, 7) is 10.2. The van der Waals surface area contributed by atoms with Gasteiger partial charge in [-0.2, -0.15) is 5.26 Å². The molecule has 0 bridgehead atoms. The molecule has 0 aromatic carbocycles. The second kappa shape index (κ2) is 9.20. The SMILES string of the molecule is CC(C)c1nc(N2CCN(C(=O)C(=O)NCCO)CC2)c(C#N)c2c1COC(C)(C)C2. The standard InChI is InChI=1S/C22H31N5O4/c1-14(2)18-17-13-31-22(3,4)11-15(17)16(12-23)19(25-18)26-6-8-27(9-7-26)21(30)20(29)24-5-10-28/h14,28H,5-11,13H2,1-4H3,(H,24,29). The maximum Gasteiger partial charge on any atom is 0.312 e. The lowest BCUT2D eigenvalue weighted by Crippen LogP contribution is -2.53. The smallest absolute Gasteiger partial charge is 0.312 e. The van der Waals surface area contributed by atoms with Gasteiger partial charge < -0.3 is 25.0 Å². The Balaban J connectivity index is 1.86. The quantitative estimate of drug-likeness (QED) is 0.676. The molecule has 0 aliphatic carbocycles. The molecule has 2 aliphatic heterocycles. The lowest BCUT2D eigenvalue weighted by molar-refractivity contribution is -0.146. The molecular formula is C22H31N5O4. The van der Waals surface area contributed by atoms with E-state index in [2.05, 4.69) is 25.2 Å². The molecule has 1 aromatic rings. The number of aliphatic hydroxyl groups is 1. The van der Waals surface area contributed by atoms with E-state index in [0.29, 0.717) is 50.6 Å². The second-order valence-electron chi connectivity index (χ2n) is 8.90. The van der Waals surface area contributed by atoms with Crippen molar-refractivity contribution in [1.29, 1.82) is 5.26 Å². The predicted octanol–water partition coefficient (Wildman–Crippen LogP) is 0.685. The average molecular weight is 430 g/mol. The molecule has 0 unspecified atom stereocenters. The first-order chi connectivity index (χ1) is 14.7. The maximum absolute atomic E-state index is 12.3. The third-order valence-electron chi connectivity index (χ3n) is 5.75. The summed E-state index contributed by atoms with van der Waals surface area (Å²) < 4.78 is 6.00. The first kappa shape index (κ1) is 23.0. The molecule has 1 fully saturated rings. The van der Waals surface area contributed by atoms with E-state index in [1.165, 1.54) is 4.90 Å². The molecule has 0 saturated carbocycles. The zero-order valence-corrected chi connectivity index (χ0v) is 18.7. The van der Waals surface area contributed by atoms with Gasteiger partial charge in [0, 0.05) is 44.7 Å². The van der Waals surface area contributed by atoms with Gasteiger partial charge in [0.05, 0.1) is 30.1 Å². The fourth-order valence-corrected chi connectivity index (χ4v) is 4.11. The maximum atomic E-state index is 12.3. The van der Waals surface area contributed by atoms with Crippen molar-refractivity contribution < 1.29 is 19.4 Å². The van der Waals surface area contributed by atoms with Gasteiger partial charge in [-0.3, -0.25) is 9.59 Å². The largest absolute Gasteiger partial charge is 0.395 e. The van der Waals surface area contributed by atoms with Crippen molar-refractivity contribution in [3.05, 3.63) is 22.4 Å². The van der Waals surface area contributed by atoms with Crippen LogP contribution in [0.1, 0.15) is 56.0 Å². The van der Waals surface area contributed by atoms with Crippen LogP contribution in [-0.4, -0.2) is 71.7 Å². The molecule has 2 N–H and O–H groups in total. The first-order valence-electron chi connectivity index (χ1n) is 10.7. The Morgan fingerprint density at radius 2 is 1.94 bits per heavy atom. The van der Waals surface area contributed by atoms with Crippen LogP contribution in [0.5, 0.6) is 0 Å². The summed E-state index contributed by atoms with van der Waals surface area (Å²) in [6, 6.07) is 2.37. The second-order valence-corrected chi connectivity index (χ2v) is 8.90. The molecule has 2 amide bonds. The number of hydrogen-bond acceptors (Lipinski definition) is 7.